The molecular formula is C30H55N5O9S. The Morgan fingerprint density at radius 3 is 2.09 bits per heavy atom. The predicted octanol–water partition coefficient (Wildman–Crippen LogP) is 1.24. The van der Waals surface area contributed by atoms with Gasteiger partial charge < -0.3 is 46.0 Å². The number of rotatable bonds is 24. The van der Waals surface area contributed by atoms with Crippen LogP contribution in [0.15, 0.2) is 6.20 Å². The van der Waals surface area contributed by atoms with Crippen LogP contribution in [0.25, 0.3) is 0 Å². The van der Waals surface area contributed by atoms with E-state index in [0.29, 0.717) is 6.42 Å². The largest absolute Gasteiger partial charge is 0.394 e. The van der Waals surface area contributed by atoms with Gasteiger partial charge in [0.15, 0.2) is 12.0 Å². The van der Waals surface area contributed by atoms with Crippen LogP contribution < -0.4 is 10.6 Å². The van der Waals surface area contributed by atoms with Gasteiger partial charge >= 0.3 is 0 Å². The summed E-state index contributed by atoms with van der Waals surface area (Å²) in [7, 11) is 0. The summed E-state index contributed by atoms with van der Waals surface area (Å²) in [4.78, 5) is 25.8. The molecule has 2 heterocycles. The van der Waals surface area contributed by atoms with E-state index >= 15 is 0 Å². The first-order valence-corrected chi connectivity index (χ1v) is 17.6. The quantitative estimate of drug-likeness (QED) is 0.0734. The molecule has 0 spiro atoms. The second-order valence-electron chi connectivity index (χ2n) is 11.8. The van der Waals surface area contributed by atoms with E-state index in [1.165, 1.54) is 75.7 Å². The maximum atomic E-state index is 13.1. The number of carbonyl (C=O) groups is 2. The minimum absolute atomic E-state index is 0.0203. The van der Waals surface area contributed by atoms with Crippen LogP contribution in [0.2, 0.25) is 0 Å². The van der Waals surface area contributed by atoms with E-state index < -0.39 is 61.9 Å². The summed E-state index contributed by atoms with van der Waals surface area (Å²) < 4.78 is 6.50. The lowest BCUT2D eigenvalue weighted by Crippen LogP contribution is -2.56. The normalized spacial score (nSPS) is 23.0. The Labute approximate surface area is 270 Å². The fraction of sp³-hybridized carbons (Fsp3) is 0.867. The second kappa shape index (κ2) is 22.6. The van der Waals surface area contributed by atoms with Gasteiger partial charge in [-0.1, -0.05) is 89.2 Å². The third-order valence-electron chi connectivity index (χ3n) is 7.85. The van der Waals surface area contributed by atoms with Crippen molar-refractivity contribution >= 4 is 29.4 Å². The summed E-state index contributed by atoms with van der Waals surface area (Å²) in [5.41, 5.74) is 0. The molecule has 1 aromatic rings. The Morgan fingerprint density at radius 2 is 1.51 bits per heavy atom. The van der Waals surface area contributed by atoms with Gasteiger partial charge in [-0.05, 0) is 6.42 Å². The number of carbonyl (C=O) groups excluding carboxylic acids is 2. The van der Waals surface area contributed by atoms with Crippen molar-refractivity contribution in [1.29, 1.82) is 0 Å². The van der Waals surface area contributed by atoms with E-state index in [0.717, 1.165) is 23.9 Å². The maximum Gasteiger partial charge on any atom is 0.249 e. The van der Waals surface area contributed by atoms with Gasteiger partial charge in [-0.3, -0.25) is 9.59 Å². The number of aromatic nitrogens is 3. The highest BCUT2D eigenvalue weighted by molar-refractivity contribution is 7.99. The molecule has 0 saturated carbocycles. The minimum Gasteiger partial charge on any atom is -0.394 e. The summed E-state index contributed by atoms with van der Waals surface area (Å²) in [6, 6.07) is -0.965. The number of thioether (sulfide) groups is 1. The smallest absolute Gasteiger partial charge is 0.249 e. The summed E-state index contributed by atoms with van der Waals surface area (Å²) in [6.07, 6.45) is 8.96. The molecule has 45 heavy (non-hydrogen) atoms. The molecule has 2 rings (SSSR count). The maximum absolute atomic E-state index is 13.1. The topological polar surface area (TPSA) is 220 Å². The van der Waals surface area contributed by atoms with Crippen molar-refractivity contribution in [3.63, 3.8) is 0 Å². The van der Waals surface area contributed by atoms with Crippen LogP contribution >= 0.6 is 11.8 Å². The molecule has 15 heteroatoms. The van der Waals surface area contributed by atoms with E-state index in [1.54, 1.807) is 0 Å². The summed E-state index contributed by atoms with van der Waals surface area (Å²) >= 11 is 1.20. The lowest BCUT2D eigenvalue weighted by molar-refractivity contribution is -0.254. The number of aliphatic hydroxyl groups excluding tert-OH is 6. The van der Waals surface area contributed by atoms with Crippen LogP contribution in [-0.2, 0) is 14.3 Å². The molecule has 14 nitrogen and oxygen atoms in total. The highest BCUT2D eigenvalue weighted by Crippen LogP contribution is 2.28. The lowest BCUT2D eigenvalue weighted by atomic mass is 9.98. The van der Waals surface area contributed by atoms with Gasteiger partial charge in [0, 0.05) is 17.9 Å². The molecule has 0 radical (unpaired) electrons. The zero-order chi connectivity index (χ0) is 33.0. The predicted molar refractivity (Wildman–Crippen MR) is 170 cm³/mol. The average Bonchev–Trinajstić information content (AvgIpc) is 3.49. The number of unbranched alkanes of at least 4 members (excludes halogenated alkanes) is 12. The molecule has 1 fully saturated rings. The van der Waals surface area contributed by atoms with Crippen molar-refractivity contribution in [2.75, 3.05) is 30.0 Å². The monoisotopic (exact) mass is 661 g/mol. The number of amides is 2. The van der Waals surface area contributed by atoms with E-state index in [9.17, 15) is 35.1 Å². The molecule has 1 saturated heterocycles. The fourth-order valence-corrected chi connectivity index (χ4v) is 6.08. The van der Waals surface area contributed by atoms with Crippen molar-refractivity contribution < 1.29 is 45.0 Å². The lowest BCUT2D eigenvalue weighted by Gasteiger charge is -2.39. The van der Waals surface area contributed by atoms with Crippen molar-refractivity contribution in [2.24, 2.45) is 0 Å². The number of nitrogens with zero attached hydrogens (tertiary/aromatic N) is 3. The van der Waals surface area contributed by atoms with Crippen molar-refractivity contribution in [2.45, 2.75) is 140 Å². The van der Waals surface area contributed by atoms with Crippen LogP contribution in [0.3, 0.4) is 0 Å². The van der Waals surface area contributed by atoms with Gasteiger partial charge in [-0.2, -0.15) is 11.8 Å². The average molecular weight is 662 g/mol. The molecule has 6 unspecified atom stereocenters. The first kappa shape index (κ1) is 39.3. The Bertz CT molecular complexity index is 957. The Kier molecular flexibility index (Phi) is 19.8. The zero-order valence-corrected chi connectivity index (χ0v) is 27.3. The van der Waals surface area contributed by atoms with Gasteiger partial charge in [-0.25, -0.2) is 4.68 Å². The molecule has 0 aromatic carbocycles. The SMILES string of the molecule is CCCCCCCCCCCCCCCC(=O)NC(CSCC(O)CO)C(=O)Nc1cn([C@H]2OC(CO)C(O)C(O)C2O)nn1. The van der Waals surface area contributed by atoms with Gasteiger partial charge in [0.05, 0.1) is 25.5 Å². The molecule has 1 aliphatic heterocycles. The summed E-state index contributed by atoms with van der Waals surface area (Å²) in [6.45, 7) is 1.20. The highest BCUT2D eigenvalue weighted by atomic mass is 32.2. The number of hydrogen-bond donors (Lipinski definition) is 8. The van der Waals surface area contributed by atoms with E-state index in [2.05, 4.69) is 27.9 Å². The Balaban J connectivity index is 1.79. The third-order valence-corrected chi connectivity index (χ3v) is 9.04. The molecular weight excluding hydrogens is 606 g/mol. The van der Waals surface area contributed by atoms with E-state index in [-0.39, 0.29) is 29.7 Å². The van der Waals surface area contributed by atoms with Gasteiger partial charge in [0.2, 0.25) is 11.8 Å². The van der Waals surface area contributed by atoms with Gasteiger partial charge in [0.25, 0.3) is 0 Å². The minimum atomic E-state index is -1.61. The van der Waals surface area contributed by atoms with Gasteiger partial charge in [-0.15, -0.1) is 5.10 Å². The number of aliphatic hydroxyl groups is 6. The van der Waals surface area contributed by atoms with E-state index in [1.807, 2.05) is 0 Å². The third kappa shape index (κ3) is 14.6. The molecule has 7 atom stereocenters. The van der Waals surface area contributed by atoms with Crippen molar-refractivity contribution in [3.8, 4) is 0 Å². The van der Waals surface area contributed by atoms with Gasteiger partial charge in [0.1, 0.15) is 30.5 Å². The van der Waals surface area contributed by atoms with E-state index in [4.69, 9.17) is 9.84 Å². The first-order chi connectivity index (χ1) is 21.7. The first-order valence-electron chi connectivity index (χ1n) is 16.4. The Morgan fingerprint density at radius 1 is 0.911 bits per heavy atom. The number of hydrogen-bond acceptors (Lipinski definition) is 12. The summed E-state index contributed by atoms with van der Waals surface area (Å²) in [5, 5.41) is 71.5. The fourth-order valence-electron chi connectivity index (χ4n) is 5.10. The molecule has 2 amide bonds. The van der Waals surface area contributed by atoms with Crippen LogP contribution in [0, 0.1) is 0 Å². The van der Waals surface area contributed by atoms with Crippen LogP contribution in [0.4, 0.5) is 5.82 Å². The van der Waals surface area contributed by atoms with Crippen molar-refractivity contribution in [1.82, 2.24) is 20.3 Å². The number of anilines is 1. The van der Waals surface area contributed by atoms with Crippen LogP contribution in [0.5, 0.6) is 0 Å². The highest BCUT2D eigenvalue weighted by Gasteiger charge is 2.44. The molecule has 1 aromatic heterocycles. The molecule has 260 valence electrons. The van der Waals surface area contributed by atoms with Crippen LogP contribution in [-0.4, -0.2) is 119 Å². The Hall–Kier alpha value is -1.85. The summed E-state index contributed by atoms with van der Waals surface area (Å²) in [5.74, 6) is -0.573. The number of ether oxygens (including phenoxy) is 1. The molecule has 0 aliphatic carbocycles. The molecule has 1 aliphatic rings. The second-order valence-corrected chi connectivity index (χ2v) is 12.9. The molecule has 8 N–H and O–H groups in total. The number of nitrogens with one attached hydrogen (secondary N) is 2. The molecule has 0 bridgehead atoms. The standard InChI is InChI=1S/C30H55N5O9S/c1-2-3-4-5-6-7-8-9-10-11-12-13-14-15-25(39)31-22(20-45-19-21(38)17-36)29(43)32-24-16-35(34-33-24)30-28(42)27(41)26(40)23(18-37)44-30/h16,21-23,26-28,30,36-38,40-42H,2-15,17-20H2,1H3,(H,31,39)(H,32,43)/t21?,22?,23?,26?,27?,28?,30-/m0/s1. The van der Waals surface area contributed by atoms with Crippen LogP contribution in [0.1, 0.15) is 103 Å². The van der Waals surface area contributed by atoms with Crippen molar-refractivity contribution in [3.05, 3.63) is 6.20 Å². The zero-order valence-electron chi connectivity index (χ0n) is 26.5.